The molecule has 0 radical (unpaired) electrons. The van der Waals surface area contributed by atoms with Crippen molar-refractivity contribution < 1.29 is 14.7 Å². The number of carboxylic acids is 1. The minimum Gasteiger partial charge on any atom is -0.481 e. The van der Waals surface area contributed by atoms with Crippen LogP contribution in [0.3, 0.4) is 0 Å². The van der Waals surface area contributed by atoms with E-state index in [2.05, 4.69) is 0 Å². The van der Waals surface area contributed by atoms with Crippen LogP contribution in [0.25, 0.3) is 0 Å². The summed E-state index contributed by atoms with van der Waals surface area (Å²) >= 11 is 0. The molecule has 1 atom stereocenters. The Bertz CT molecular complexity index is 630. The summed E-state index contributed by atoms with van der Waals surface area (Å²) < 4.78 is 0. The van der Waals surface area contributed by atoms with Crippen LogP contribution in [-0.2, 0) is 9.59 Å². The van der Waals surface area contributed by atoms with Gasteiger partial charge in [0, 0.05) is 13.0 Å². The van der Waals surface area contributed by atoms with E-state index >= 15 is 0 Å². The molecule has 2 aromatic rings. The van der Waals surface area contributed by atoms with Crippen molar-refractivity contribution in [3.05, 3.63) is 71.8 Å². The Kier molecular flexibility index (Phi) is 3.92. The Morgan fingerprint density at radius 2 is 1.50 bits per heavy atom. The van der Waals surface area contributed by atoms with E-state index in [1.165, 1.54) is 0 Å². The molecule has 1 amide bonds. The molecular formula is C18H17NO3. The maximum Gasteiger partial charge on any atom is 0.308 e. The molecule has 1 fully saturated rings. The van der Waals surface area contributed by atoms with Crippen molar-refractivity contribution in [1.29, 1.82) is 0 Å². The highest BCUT2D eigenvalue weighted by molar-refractivity contribution is 5.86. The fourth-order valence-electron chi connectivity index (χ4n) is 2.97. The Morgan fingerprint density at radius 1 is 1.00 bits per heavy atom. The van der Waals surface area contributed by atoms with Crippen LogP contribution in [-0.4, -0.2) is 28.4 Å². The van der Waals surface area contributed by atoms with Gasteiger partial charge in [-0.2, -0.15) is 0 Å². The van der Waals surface area contributed by atoms with Gasteiger partial charge in [-0.25, -0.2) is 0 Å². The first kappa shape index (κ1) is 14.3. The molecular weight excluding hydrogens is 278 g/mol. The highest BCUT2D eigenvalue weighted by Crippen LogP contribution is 2.33. The van der Waals surface area contributed by atoms with Crippen LogP contribution in [0.2, 0.25) is 0 Å². The molecule has 0 aliphatic carbocycles. The first-order valence-electron chi connectivity index (χ1n) is 7.29. The first-order chi connectivity index (χ1) is 10.7. The number of nitrogens with zero attached hydrogens (tertiary/aromatic N) is 1. The summed E-state index contributed by atoms with van der Waals surface area (Å²) in [5.41, 5.74) is 1.99. The molecule has 1 saturated heterocycles. The third-order valence-electron chi connectivity index (χ3n) is 4.05. The molecule has 1 heterocycles. The second-order valence-electron chi connectivity index (χ2n) is 5.51. The zero-order chi connectivity index (χ0) is 15.5. The normalized spacial score (nSPS) is 18.0. The van der Waals surface area contributed by atoms with Crippen LogP contribution in [0.5, 0.6) is 0 Å². The zero-order valence-electron chi connectivity index (χ0n) is 12.1. The van der Waals surface area contributed by atoms with Crippen LogP contribution in [0, 0.1) is 5.92 Å². The molecule has 0 aromatic heterocycles. The first-order valence-corrected chi connectivity index (χ1v) is 7.29. The molecule has 112 valence electrons. The summed E-state index contributed by atoms with van der Waals surface area (Å²) in [5.74, 6) is -1.64. The number of likely N-dealkylation sites (tertiary alicyclic amines) is 1. The van der Waals surface area contributed by atoms with E-state index in [9.17, 15) is 14.7 Å². The monoisotopic (exact) mass is 295 g/mol. The standard InChI is InChI=1S/C18H17NO3/c20-16-11-15(18(21)22)12-19(16)17(13-7-3-1-4-8-13)14-9-5-2-6-10-14/h1-10,15,17H,11-12H2,(H,21,22)/t15-/m0/s1. The summed E-state index contributed by atoms with van der Waals surface area (Å²) in [5, 5.41) is 9.19. The number of hydrogen-bond acceptors (Lipinski definition) is 2. The Labute approximate surface area is 129 Å². The van der Waals surface area contributed by atoms with Crippen molar-refractivity contribution in [3.63, 3.8) is 0 Å². The number of carbonyl (C=O) groups excluding carboxylic acids is 1. The maximum absolute atomic E-state index is 12.3. The van der Waals surface area contributed by atoms with Crippen LogP contribution in [0.4, 0.5) is 0 Å². The second-order valence-corrected chi connectivity index (χ2v) is 5.51. The average Bonchev–Trinajstić information content (AvgIpc) is 2.92. The number of amides is 1. The third kappa shape index (κ3) is 2.72. The topological polar surface area (TPSA) is 57.6 Å². The lowest BCUT2D eigenvalue weighted by atomic mass is 9.97. The van der Waals surface area contributed by atoms with Gasteiger partial charge < -0.3 is 10.0 Å². The smallest absolute Gasteiger partial charge is 0.308 e. The lowest BCUT2D eigenvalue weighted by Crippen LogP contribution is -2.31. The highest BCUT2D eigenvalue weighted by atomic mass is 16.4. The Hall–Kier alpha value is -2.62. The number of carbonyl (C=O) groups is 2. The summed E-state index contributed by atoms with van der Waals surface area (Å²) in [4.78, 5) is 25.2. The largest absolute Gasteiger partial charge is 0.481 e. The van der Waals surface area contributed by atoms with Crippen molar-refractivity contribution in [3.8, 4) is 0 Å². The van der Waals surface area contributed by atoms with Crippen molar-refractivity contribution in [2.24, 2.45) is 5.92 Å². The molecule has 0 spiro atoms. The molecule has 1 N–H and O–H groups in total. The molecule has 22 heavy (non-hydrogen) atoms. The fraction of sp³-hybridized carbons (Fsp3) is 0.222. The summed E-state index contributed by atoms with van der Waals surface area (Å²) in [6.07, 6.45) is 0.0749. The van der Waals surface area contributed by atoms with E-state index in [0.29, 0.717) is 0 Å². The van der Waals surface area contributed by atoms with Gasteiger partial charge in [0.05, 0.1) is 12.0 Å². The van der Waals surface area contributed by atoms with Crippen molar-refractivity contribution >= 4 is 11.9 Å². The minimum absolute atomic E-state index is 0.0749. The number of benzene rings is 2. The van der Waals surface area contributed by atoms with Gasteiger partial charge in [-0.1, -0.05) is 60.7 Å². The molecule has 2 aromatic carbocycles. The van der Waals surface area contributed by atoms with E-state index < -0.39 is 11.9 Å². The predicted molar refractivity (Wildman–Crippen MR) is 82.2 cm³/mol. The van der Waals surface area contributed by atoms with E-state index in [0.717, 1.165) is 11.1 Å². The minimum atomic E-state index is -0.907. The highest BCUT2D eigenvalue weighted by Gasteiger charge is 2.38. The molecule has 1 aliphatic heterocycles. The Balaban J connectivity index is 2.00. The number of hydrogen-bond donors (Lipinski definition) is 1. The lowest BCUT2D eigenvalue weighted by Gasteiger charge is -2.29. The molecule has 4 nitrogen and oxygen atoms in total. The van der Waals surface area contributed by atoms with Crippen LogP contribution in [0.15, 0.2) is 60.7 Å². The van der Waals surface area contributed by atoms with E-state index in [1.807, 2.05) is 60.7 Å². The van der Waals surface area contributed by atoms with Gasteiger partial charge in [0.2, 0.25) is 5.91 Å². The van der Waals surface area contributed by atoms with Gasteiger partial charge in [0.25, 0.3) is 0 Å². The number of rotatable bonds is 4. The fourth-order valence-corrected chi connectivity index (χ4v) is 2.97. The molecule has 0 saturated carbocycles. The Morgan fingerprint density at radius 3 is 1.91 bits per heavy atom. The molecule has 4 heteroatoms. The summed E-state index contributed by atoms with van der Waals surface area (Å²) in [6, 6.07) is 19.2. The quantitative estimate of drug-likeness (QED) is 0.943. The van der Waals surface area contributed by atoms with E-state index in [4.69, 9.17) is 0 Å². The lowest BCUT2D eigenvalue weighted by molar-refractivity contribution is -0.141. The van der Waals surface area contributed by atoms with Crippen molar-refractivity contribution in [2.45, 2.75) is 12.5 Å². The molecule has 0 bridgehead atoms. The second kappa shape index (κ2) is 6.02. The summed E-state index contributed by atoms with van der Waals surface area (Å²) in [7, 11) is 0. The maximum atomic E-state index is 12.3. The van der Waals surface area contributed by atoms with Crippen LogP contribution < -0.4 is 0 Å². The van der Waals surface area contributed by atoms with Gasteiger partial charge >= 0.3 is 5.97 Å². The van der Waals surface area contributed by atoms with E-state index in [1.54, 1.807) is 4.90 Å². The van der Waals surface area contributed by atoms with Crippen LogP contribution >= 0.6 is 0 Å². The molecule has 1 aliphatic rings. The van der Waals surface area contributed by atoms with Gasteiger partial charge in [-0.15, -0.1) is 0 Å². The van der Waals surface area contributed by atoms with Gasteiger partial charge in [-0.05, 0) is 11.1 Å². The average molecular weight is 295 g/mol. The zero-order valence-corrected chi connectivity index (χ0v) is 12.1. The third-order valence-corrected chi connectivity index (χ3v) is 4.05. The number of aliphatic carboxylic acids is 1. The summed E-state index contributed by atoms with van der Waals surface area (Å²) in [6.45, 7) is 0.253. The van der Waals surface area contributed by atoms with Gasteiger partial charge in [0.1, 0.15) is 0 Å². The van der Waals surface area contributed by atoms with Gasteiger partial charge in [-0.3, -0.25) is 9.59 Å². The molecule has 3 rings (SSSR count). The predicted octanol–water partition coefficient (Wildman–Crippen LogP) is 2.71. The van der Waals surface area contributed by atoms with E-state index in [-0.39, 0.29) is 24.9 Å². The molecule has 0 unspecified atom stereocenters. The van der Waals surface area contributed by atoms with Crippen molar-refractivity contribution in [1.82, 2.24) is 4.90 Å². The number of carboxylic acid groups (broad SMARTS) is 1. The SMILES string of the molecule is O=C(O)[C@H]1CC(=O)N(C(c2ccccc2)c2ccccc2)C1. The van der Waals surface area contributed by atoms with Crippen molar-refractivity contribution in [2.75, 3.05) is 6.54 Å². The van der Waals surface area contributed by atoms with Gasteiger partial charge in [0.15, 0.2) is 0 Å². The van der Waals surface area contributed by atoms with Crippen LogP contribution in [0.1, 0.15) is 23.6 Å².